The van der Waals surface area contributed by atoms with Gasteiger partial charge in [0.1, 0.15) is 18.1 Å². The summed E-state index contributed by atoms with van der Waals surface area (Å²) in [6.07, 6.45) is 1.15. The fourth-order valence-electron chi connectivity index (χ4n) is 4.96. The molecule has 7 heteroatoms. The summed E-state index contributed by atoms with van der Waals surface area (Å²) in [5, 5.41) is 3.34. The van der Waals surface area contributed by atoms with Crippen LogP contribution in [0, 0.1) is 5.41 Å². The Morgan fingerprint density at radius 2 is 1.91 bits per heavy atom. The lowest BCUT2D eigenvalue weighted by molar-refractivity contribution is -0.136. The molecule has 0 radical (unpaired) electrons. The molecule has 0 fully saturated rings. The second-order valence-electron chi connectivity index (χ2n) is 9.74. The van der Waals surface area contributed by atoms with Gasteiger partial charge in [0.15, 0.2) is 5.78 Å². The number of ether oxygens (including phenoxy) is 3. The van der Waals surface area contributed by atoms with Crippen molar-refractivity contribution in [1.82, 2.24) is 5.32 Å². The number of carbonyl (C=O) groups is 2. The lowest BCUT2D eigenvalue weighted by Gasteiger charge is -2.39. The number of Topliss-reactive ketones (excluding diaryl/α,β-unsaturated/α-hetero) is 1. The van der Waals surface area contributed by atoms with E-state index in [9.17, 15) is 9.59 Å². The van der Waals surface area contributed by atoms with E-state index in [0.29, 0.717) is 29.0 Å². The SMILES string of the molecule is COC(=O)C1=C(C)NC2=C(C(=O)CC(C)(C)C2)[C@H]1c1ccc(OC)c(COc2cccc(Br)c2)c1. The van der Waals surface area contributed by atoms with Crippen LogP contribution in [0.5, 0.6) is 11.5 Å². The van der Waals surface area contributed by atoms with E-state index in [4.69, 9.17) is 14.2 Å². The predicted octanol–water partition coefficient (Wildman–Crippen LogP) is 5.81. The van der Waals surface area contributed by atoms with Crippen molar-refractivity contribution >= 4 is 27.7 Å². The molecule has 184 valence electrons. The number of dihydropyridines is 1. The zero-order valence-electron chi connectivity index (χ0n) is 20.7. The maximum absolute atomic E-state index is 13.4. The molecular weight excluding hydrogens is 510 g/mol. The van der Waals surface area contributed by atoms with Crippen LogP contribution in [0.25, 0.3) is 0 Å². The number of benzene rings is 2. The summed E-state index contributed by atoms with van der Waals surface area (Å²) in [4.78, 5) is 26.3. The third kappa shape index (κ3) is 5.15. The van der Waals surface area contributed by atoms with Crippen molar-refractivity contribution in [3.8, 4) is 11.5 Å². The van der Waals surface area contributed by atoms with E-state index < -0.39 is 11.9 Å². The second-order valence-corrected chi connectivity index (χ2v) is 10.7. The van der Waals surface area contributed by atoms with E-state index in [2.05, 4.69) is 35.1 Å². The lowest BCUT2D eigenvalue weighted by Crippen LogP contribution is -2.38. The Morgan fingerprint density at radius 1 is 1.14 bits per heavy atom. The highest BCUT2D eigenvalue weighted by Gasteiger charge is 2.43. The van der Waals surface area contributed by atoms with Gasteiger partial charge in [0, 0.05) is 39.3 Å². The first-order valence-electron chi connectivity index (χ1n) is 11.5. The van der Waals surface area contributed by atoms with Crippen LogP contribution in [0.2, 0.25) is 0 Å². The zero-order chi connectivity index (χ0) is 25.3. The van der Waals surface area contributed by atoms with Gasteiger partial charge in [-0.25, -0.2) is 4.79 Å². The molecule has 1 atom stereocenters. The van der Waals surface area contributed by atoms with Crippen LogP contribution in [0.3, 0.4) is 0 Å². The standard InChI is InChI=1S/C28H30BrNO5/c1-16-24(27(32)34-5)25(26-21(30-16)13-28(2,3)14-22(26)31)17-9-10-23(33-4)18(11-17)15-35-20-8-6-7-19(29)12-20/h6-12,25,30H,13-15H2,1-5H3/t25-/m0/s1. The van der Waals surface area contributed by atoms with Gasteiger partial charge in [0.2, 0.25) is 0 Å². The van der Waals surface area contributed by atoms with Crippen molar-refractivity contribution in [2.75, 3.05) is 14.2 Å². The number of allylic oxidation sites excluding steroid dienone is 3. The van der Waals surface area contributed by atoms with Gasteiger partial charge in [-0.3, -0.25) is 4.79 Å². The molecule has 0 bridgehead atoms. The summed E-state index contributed by atoms with van der Waals surface area (Å²) in [5.41, 5.74) is 4.15. The number of hydrogen-bond donors (Lipinski definition) is 1. The molecule has 2 aromatic rings. The molecule has 4 rings (SSSR count). The maximum Gasteiger partial charge on any atom is 0.336 e. The Hall–Kier alpha value is -3.06. The largest absolute Gasteiger partial charge is 0.496 e. The average Bonchev–Trinajstić information content (AvgIpc) is 2.80. The molecule has 0 aromatic heterocycles. The second kappa shape index (κ2) is 9.90. The number of methoxy groups -OCH3 is 2. The van der Waals surface area contributed by atoms with Crippen LogP contribution in [0.1, 0.15) is 50.7 Å². The van der Waals surface area contributed by atoms with E-state index >= 15 is 0 Å². The normalized spacial score (nSPS) is 19.1. The van der Waals surface area contributed by atoms with Crippen LogP contribution in [0.15, 0.2) is 69.5 Å². The zero-order valence-corrected chi connectivity index (χ0v) is 22.2. The number of halogens is 1. The average molecular weight is 540 g/mol. The lowest BCUT2D eigenvalue weighted by atomic mass is 9.68. The summed E-state index contributed by atoms with van der Waals surface area (Å²) < 4.78 is 17.7. The first-order valence-corrected chi connectivity index (χ1v) is 12.3. The molecule has 2 aromatic carbocycles. The first-order chi connectivity index (χ1) is 16.6. The third-order valence-electron chi connectivity index (χ3n) is 6.47. The Kier molecular flexibility index (Phi) is 7.08. The van der Waals surface area contributed by atoms with Gasteiger partial charge in [-0.15, -0.1) is 0 Å². The number of carbonyl (C=O) groups excluding carboxylic acids is 2. The van der Waals surface area contributed by atoms with Crippen LogP contribution >= 0.6 is 15.9 Å². The summed E-state index contributed by atoms with van der Waals surface area (Å²) in [5.74, 6) is 0.452. The summed E-state index contributed by atoms with van der Waals surface area (Å²) in [6.45, 7) is 6.30. The van der Waals surface area contributed by atoms with E-state index in [1.165, 1.54) is 7.11 Å². The highest BCUT2D eigenvalue weighted by atomic mass is 79.9. The van der Waals surface area contributed by atoms with Crippen molar-refractivity contribution in [2.24, 2.45) is 5.41 Å². The van der Waals surface area contributed by atoms with Crippen LogP contribution in [-0.2, 0) is 20.9 Å². The van der Waals surface area contributed by atoms with Crippen molar-refractivity contribution in [2.45, 2.75) is 46.1 Å². The van der Waals surface area contributed by atoms with Crippen molar-refractivity contribution < 1.29 is 23.8 Å². The monoisotopic (exact) mass is 539 g/mol. The number of rotatable bonds is 6. The van der Waals surface area contributed by atoms with E-state index in [0.717, 1.165) is 33.5 Å². The minimum atomic E-state index is -0.530. The maximum atomic E-state index is 13.4. The fraction of sp³-hybridized carbons (Fsp3) is 0.357. The van der Waals surface area contributed by atoms with Gasteiger partial charge in [0.05, 0.1) is 19.8 Å². The van der Waals surface area contributed by atoms with E-state index in [1.54, 1.807) is 7.11 Å². The van der Waals surface area contributed by atoms with Gasteiger partial charge < -0.3 is 19.5 Å². The van der Waals surface area contributed by atoms with Crippen molar-refractivity contribution in [3.05, 3.63) is 80.6 Å². The molecule has 0 unspecified atom stereocenters. The molecule has 1 aliphatic carbocycles. The van der Waals surface area contributed by atoms with Crippen molar-refractivity contribution in [1.29, 1.82) is 0 Å². The number of hydrogen-bond acceptors (Lipinski definition) is 6. The van der Waals surface area contributed by atoms with E-state index in [1.807, 2.05) is 49.4 Å². The third-order valence-corrected chi connectivity index (χ3v) is 6.97. The Labute approximate surface area is 214 Å². The molecule has 0 saturated heterocycles. The molecule has 0 saturated carbocycles. The summed E-state index contributed by atoms with van der Waals surface area (Å²) in [6, 6.07) is 13.3. The van der Waals surface area contributed by atoms with Gasteiger partial charge in [-0.2, -0.15) is 0 Å². The molecular formula is C28H30BrNO5. The summed E-state index contributed by atoms with van der Waals surface area (Å²) in [7, 11) is 2.97. The Balaban J connectivity index is 1.79. The number of ketones is 1. The summed E-state index contributed by atoms with van der Waals surface area (Å²) >= 11 is 3.46. The van der Waals surface area contributed by atoms with Crippen LogP contribution in [0.4, 0.5) is 0 Å². The van der Waals surface area contributed by atoms with Gasteiger partial charge >= 0.3 is 5.97 Å². The van der Waals surface area contributed by atoms with Gasteiger partial charge in [-0.05, 0) is 54.7 Å². The molecule has 0 amide bonds. The quantitative estimate of drug-likeness (QED) is 0.466. The highest BCUT2D eigenvalue weighted by molar-refractivity contribution is 9.10. The molecule has 0 spiro atoms. The van der Waals surface area contributed by atoms with Crippen LogP contribution < -0.4 is 14.8 Å². The molecule has 35 heavy (non-hydrogen) atoms. The van der Waals surface area contributed by atoms with Gasteiger partial charge in [0.25, 0.3) is 0 Å². The molecule has 6 nitrogen and oxygen atoms in total. The van der Waals surface area contributed by atoms with Crippen LogP contribution in [-0.4, -0.2) is 26.0 Å². The number of nitrogens with one attached hydrogen (secondary N) is 1. The predicted molar refractivity (Wildman–Crippen MR) is 137 cm³/mol. The Morgan fingerprint density at radius 3 is 2.60 bits per heavy atom. The van der Waals surface area contributed by atoms with Crippen molar-refractivity contribution in [3.63, 3.8) is 0 Å². The van der Waals surface area contributed by atoms with Gasteiger partial charge in [-0.1, -0.05) is 41.9 Å². The number of esters is 1. The van der Waals surface area contributed by atoms with E-state index in [-0.39, 0.29) is 17.8 Å². The fourth-order valence-corrected chi connectivity index (χ4v) is 5.34. The minimum absolute atomic E-state index is 0.0467. The molecule has 2 aliphatic rings. The minimum Gasteiger partial charge on any atom is -0.496 e. The smallest absolute Gasteiger partial charge is 0.336 e. The molecule has 1 heterocycles. The molecule has 1 N–H and O–H groups in total. The Bertz CT molecular complexity index is 1240. The molecule has 1 aliphatic heterocycles. The topological polar surface area (TPSA) is 73.9 Å². The highest BCUT2D eigenvalue weighted by Crippen LogP contribution is 2.47. The first kappa shape index (κ1) is 25.0.